The van der Waals surface area contributed by atoms with E-state index in [1.54, 1.807) is 6.92 Å². The van der Waals surface area contributed by atoms with Crippen molar-refractivity contribution in [1.29, 1.82) is 0 Å². The molecule has 3 nitrogen and oxygen atoms in total. The zero-order chi connectivity index (χ0) is 6.15. The van der Waals surface area contributed by atoms with Crippen LogP contribution in [0.1, 0.15) is 6.92 Å². The van der Waals surface area contributed by atoms with E-state index in [0.29, 0.717) is 5.84 Å². The highest BCUT2D eigenvalue weighted by Crippen LogP contribution is 2.05. The minimum atomic E-state index is -0.269. The number of amidine groups is 1. The molecule has 0 saturated heterocycles. The van der Waals surface area contributed by atoms with E-state index in [1.165, 1.54) is 0 Å². The van der Waals surface area contributed by atoms with E-state index in [-0.39, 0.29) is 17.8 Å². The molecule has 0 aromatic rings. The van der Waals surface area contributed by atoms with Crippen LogP contribution in [0.5, 0.6) is 0 Å². The van der Waals surface area contributed by atoms with E-state index < -0.39 is 0 Å². The van der Waals surface area contributed by atoms with Gasteiger partial charge < -0.3 is 5.73 Å². The summed E-state index contributed by atoms with van der Waals surface area (Å²) in [6, 6.07) is 0. The van der Waals surface area contributed by atoms with Crippen LogP contribution in [0.3, 0.4) is 0 Å². The van der Waals surface area contributed by atoms with Gasteiger partial charge in [0.15, 0.2) is 0 Å². The molecule has 0 radical (unpaired) electrons. The number of hydrogen-bond acceptors (Lipinski definition) is 3. The van der Waals surface area contributed by atoms with Crippen LogP contribution in [-0.4, -0.2) is 16.9 Å². The average molecular weight is 168 g/mol. The molecule has 2 N–H and O–H groups in total. The first-order valence-corrected chi connectivity index (χ1v) is 2.67. The monoisotopic (exact) mass is 167 g/mol. The maximum absolute atomic E-state index is 5.63. The van der Waals surface area contributed by atoms with Crippen molar-refractivity contribution in [1.82, 2.24) is 0 Å². The van der Waals surface area contributed by atoms with Crippen molar-refractivity contribution in [2.75, 3.05) is 0 Å². The molecule has 0 aromatic heterocycles. The van der Waals surface area contributed by atoms with Gasteiger partial charge >= 0.3 is 0 Å². The Morgan fingerprint density at radius 2 is 2.11 bits per heavy atom. The van der Waals surface area contributed by atoms with Gasteiger partial charge in [-0.3, -0.25) is 0 Å². The molecule has 1 unspecified atom stereocenters. The largest absolute Gasteiger partial charge is 0.384 e. The lowest BCUT2D eigenvalue weighted by Gasteiger charge is -1.95. The third kappa shape index (κ3) is 1.56. The van der Waals surface area contributed by atoms with Crippen molar-refractivity contribution in [3.63, 3.8) is 0 Å². The van der Waals surface area contributed by atoms with Gasteiger partial charge in [0.1, 0.15) is 11.2 Å². The average Bonchev–Trinajstić information content (AvgIpc) is 1.98. The van der Waals surface area contributed by atoms with Gasteiger partial charge in [-0.25, -0.2) is 0 Å². The summed E-state index contributed by atoms with van der Waals surface area (Å²) >= 11 is 5.63. The highest BCUT2D eigenvalue weighted by molar-refractivity contribution is 6.44. The van der Waals surface area contributed by atoms with Crippen molar-refractivity contribution in [3.05, 3.63) is 0 Å². The van der Waals surface area contributed by atoms with Gasteiger partial charge in [-0.05, 0) is 6.92 Å². The zero-order valence-electron chi connectivity index (χ0n) is 4.84. The van der Waals surface area contributed by atoms with Crippen molar-refractivity contribution >= 4 is 35.6 Å². The second-order valence-electron chi connectivity index (χ2n) is 1.63. The van der Waals surface area contributed by atoms with Gasteiger partial charge in [0.2, 0.25) is 0 Å². The Morgan fingerprint density at radius 1 is 1.56 bits per heavy atom. The number of hydrogen-bond donors (Lipinski definition) is 1. The summed E-state index contributed by atoms with van der Waals surface area (Å²) < 4.78 is 0. The van der Waals surface area contributed by atoms with E-state index in [1.807, 2.05) is 0 Å². The van der Waals surface area contributed by atoms with Gasteiger partial charge in [-0.1, -0.05) is 0 Å². The molecule has 0 fully saturated rings. The molecular weight excluding hydrogens is 161 g/mol. The minimum absolute atomic E-state index is 0. The molecule has 0 aromatic carbocycles. The Hall–Kier alpha value is -0.280. The Balaban J connectivity index is 0.000000640. The highest BCUT2D eigenvalue weighted by Gasteiger charge is 2.17. The number of nitrogens with two attached hydrogens (primary N) is 1. The molecular formula is C4H7Cl2N3. The van der Waals surface area contributed by atoms with Crippen LogP contribution in [0.25, 0.3) is 0 Å². The molecule has 5 heteroatoms. The van der Waals surface area contributed by atoms with Gasteiger partial charge in [-0.15, -0.1) is 29.1 Å². The molecule has 0 spiro atoms. The summed E-state index contributed by atoms with van der Waals surface area (Å²) in [5.74, 6) is 0.393. The maximum Gasteiger partial charge on any atom is 0.146 e. The van der Waals surface area contributed by atoms with Crippen LogP contribution in [-0.2, 0) is 0 Å². The lowest BCUT2D eigenvalue weighted by Crippen LogP contribution is -2.25. The van der Waals surface area contributed by atoms with E-state index in [9.17, 15) is 0 Å². The Bertz CT molecular complexity index is 145. The van der Waals surface area contributed by atoms with Crippen molar-refractivity contribution in [2.45, 2.75) is 12.3 Å². The lowest BCUT2D eigenvalue weighted by atomic mass is 10.3. The smallest absolute Gasteiger partial charge is 0.146 e. The standard InChI is InChI=1S/C4H6ClN3.ClH/c1-2-3(5)4(6)8-7-2;/h3H,1H3,(H2,6,8);1H. The summed E-state index contributed by atoms with van der Waals surface area (Å²) in [6.07, 6.45) is 0. The first-order valence-electron chi connectivity index (χ1n) is 2.23. The second-order valence-corrected chi connectivity index (χ2v) is 2.07. The van der Waals surface area contributed by atoms with Crippen LogP contribution >= 0.6 is 24.0 Å². The van der Waals surface area contributed by atoms with Crippen molar-refractivity contribution in [2.24, 2.45) is 15.9 Å². The summed E-state index contributed by atoms with van der Waals surface area (Å²) in [4.78, 5) is 0. The fourth-order valence-corrected chi connectivity index (χ4v) is 0.539. The predicted octanol–water partition coefficient (Wildman–Crippen LogP) is 0.762. The van der Waals surface area contributed by atoms with Gasteiger partial charge in [0.05, 0.1) is 5.71 Å². The molecule has 0 amide bonds. The summed E-state index contributed by atoms with van der Waals surface area (Å²) in [7, 11) is 0. The molecule has 1 atom stereocenters. The number of alkyl halides is 1. The van der Waals surface area contributed by atoms with E-state index >= 15 is 0 Å². The fourth-order valence-electron chi connectivity index (χ4n) is 0.452. The third-order valence-corrected chi connectivity index (χ3v) is 1.49. The molecule has 0 bridgehead atoms. The summed E-state index contributed by atoms with van der Waals surface area (Å²) in [5, 5.41) is 6.93. The molecule has 1 heterocycles. The van der Waals surface area contributed by atoms with E-state index in [2.05, 4.69) is 10.2 Å². The van der Waals surface area contributed by atoms with Crippen LogP contribution in [0, 0.1) is 0 Å². The van der Waals surface area contributed by atoms with Crippen LogP contribution in [0.2, 0.25) is 0 Å². The number of nitrogens with zero attached hydrogens (tertiary/aromatic N) is 2. The first kappa shape index (κ1) is 8.72. The number of rotatable bonds is 0. The normalized spacial score (nSPS) is 24.4. The van der Waals surface area contributed by atoms with Gasteiger partial charge in [-0.2, -0.15) is 5.10 Å². The topological polar surface area (TPSA) is 50.7 Å². The first-order chi connectivity index (χ1) is 3.72. The van der Waals surface area contributed by atoms with E-state index in [4.69, 9.17) is 17.3 Å². The lowest BCUT2D eigenvalue weighted by molar-refractivity contribution is 1.25. The van der Waals surface area contributed by atoms with Crippen LogP contribution in [0.15, 0.2) is 10.2 Å². The maximum atomic E-state index is 5.63. The predicted molar refractivity (Wildman–Crippen MR) is 41.6 cm³/mol. The SMILES string of the molecule is CC1=NN=C(N)C1Cl.Cl. The molecule has 0 saturated carbocycles. The fraction of sp³-hybridized carbons (Fsp3) is 0.500. The molecule has 0 aliphatic carbocycles. The van der Waals surface area contributed by atoms with Gasteiger partial charge in [0.25, 0.3) is 0 Å². The quantitative estimate of drug-likeness (QED) is 0.533. The minimum Gasteiger partial charge on any atom is -0.384 e. The Morgan fingerprint density at radius 3 is 2.22 bits per heavy atom. The van der Waals surface area contributed by atoms with Crippen LogP contribution < -0.4 is 5.73 Å². The molecule has 52 valence electrons. The third-order valence-electron chi connectivity index (χ3n) is 0.950. The second kappa shape index (κ2) is 3.03. The molecule has 1 rings (SSSR count). The Kier molecular flexibility index (Phi) is 2.94. The van der Waals surface area contributed by atoms with E-state index in [0.717, 1.165) is 5.71 Å². The molecule has 9 heavy (non-hydrogen) atoms. The zero-order valence-corrected chi connectivity index (χ0v) is 6.41. The Labute approximate surface area is 64.4 Å². The highest BCUT2D eigenvalue weighted by atomic mass is 35.5. The van der Waals surface area contributed by atoms with Gasteiger partial charge in [0, 0.05) is 0 Å². The summed E-state index contributed by atoms with van der Waals surface area (Å²) in [6.45, 7) is 1.79. The summed E-state index contributed by atoms with van der Waals surface area (Å²) in [5.41, 5.74) is 6.04. The number of halogens is 2. The van der Waals surface area contributed by atoms with Crippen molar-refractivity contribution in [3.8, 4) is 0 Å². The molecule has 1 aliphatic rings. The van der Waals surface area contributed by atoms with Crippen LogP contribution in [0.4, 0.5) is 0 Å². The molecule has 1 aliphatic heterocycles. The van der Waals surface area contributed by atoms with Crippen molar-refractivity contribution < 1.29 is 0 Å².